The molecule has 5 atom stereocenters. The van der Waals surface area contributed by atoms with E-state index >= 15 is 0 Å². The maximum Gasteiger partial charge on any atom is 0.0905 e. The highest BCUT2D eigenvalue weighted by Crippen LogP contribution is 2.68. The molecule has 4 aliphatic rings. The van der Waals surface area contributed by atoms with Gasteiger partial charge in [-0.25, -0.2) is 0 Å². The van der Waals surface area contributed by atoms with Gasteiger partial charge in [0, 0.05) is 22.1 Å². The Balaban J connectivity index is 1.14. The zero-order valence-electron chi connectivity index (χ0n) is 36.7. The summed E-state index contributed by atoms with van der Waals surface area (Å²) in [4.78, 5) is 2.78. The Morgan fingerprint density at radius 1 is 0.413 bits per heavy atom. The molecular formula is C62H51N. The molecule has 0 fully saturated rings. The SMILES string of the molecule is CC1C=C(c2ccccc2)C2(C)C3=C1C(C)C=C(c1ccc(-c4ccc5ccccc5c4)cc1)C3(C)N(c1cccc3c1-c1ccccc1C3(C)c1ccccc1)c1ccccc12. The van der Waals surface area contributed by atoms with E-state index in [1.54, 1.807) is 0 Å². The molecule has 1 heteroatoms. The van der Waals surface area contributed by atoms with Crippen molar-refractivity contribution in [2.75, 3.05) is 4.90 Å². The Hall–Kier alpha value is -6.96. The first kappa shape index (κ1) is 37.8. The normalized spacial score (nSPS) is 24.2. The second kappa shape index (κ2) is 13.8. The van der Waals surface area contributed by atoms with Gasteiger partial charge in [-0.05, 0) is 128 Å². The molecule has 0 saturated heterocycles. The molecule has 1 aliphatic heterocycles. The number of para-hydroxylation sites is 1. The van der Waals surface area contributed by atoms with Gasteiger partial charge >= 0.3 is 0 Å². The first-order valence-corrected chi connectivity index (χ1v) is 22.8. The number of allylic oxidation sites excluding steroid dienone is 4. The third kappa shape index (κ3) is 5.17. The van der Waals surface area contributed by atoms with Crippen molar-refractivity contribution in [3.8, 4) is 22.3 Å². The summed E-state index contributed by atoms with van der Waals surface area (Å²) < 4.78 is 0. The van der Waals surface area contributed by atoms with Crippen LogP contribution in [0.15, 0.2) is 217 Å². The van der Waals surface area contributed by atoms with E-state index in [0.717, 1.165) is 0 Å². The van der Waals surface area contributed by atoms with Crippen LogP contribution in [0.3, 0.4) is 0 Å². The van der Waals surface area contributed by atoms with Gasteiger partial charge < -0.3 is 4.90 Å². The molecule has 8 aromatic rings. The predicted octanol–water partition coefficient (Wildman–Crippen LogP) is 15.8. The van der Waals surface area contributed by atoms with Crippen LogP contribution in [-0.4, -0.2) is 5.54 Å². The number of benzene rings is 8. The average Bonchev–Trinajstić information content (AvgIpc) is 3.60. The largest absolute Gasteiger partial charge is 0.327 e. The quantitative estimate of drug-likeness (QED) is 0.157. The van der Waals surface area contributed by atoms with Crippen molar-refractivity contribution in [3.05, 3.63) is 251 Å². The summed E-state index contributed by atoms with van der Waals surface area (Å²) in [5.41, 5.74) is 20.1. The van der Waals surface area contributed by atoms with Crippen molar-refractivity contribution in [1.29, 1.82) is 0 Å². The van der Waals surface area contributed by atoms with Crippen LogP contribution in [0.25, 0.3) is 44.2 Å². The Bertz CT molecular complexity index is 3240. The van der Waals surface area contributed by atoms with Gasteiger partial charge in [-0.3, -0.25) is 0 Å². The van der Waals surface area contributed by atoms with Crippen LogP contribution >= 0.6 is 0 Å². The minimum atomic E-state index is -0.576. The van der Waals surface area contributed by atoms with Crippen LogP contribution in [0.5, 0.6) is 0 Å². The van der Waals surface area contributed by atoms with Gasteiger partial charge in [0.15, 0.2) is 0 Å². The summed E-state index contributed by atoms with van der Waals surface area (Å²) in [5.74, 6) is 0.489. The van der Waals surface area contributed by atoms with Crippen LogP contribution < -0.4 is 4.90 Å². The Kier molecular flexibility index (Phi) is 8.26. The number of fused-ring (bicyclic) bond motifs is 6. The molecule has 0 saturated carbocycles. The van der Waals surface area contributed by atoms with Crippen molar-refractivity contribution in [2.45, 2.75) is 51.0 Å². The molecule has 0 radical (unpaired) electrons. The van der Waals surface area contributed by atoms with E-state index in [-0.39, 0.29) is 17.3 Å². The van der Waals surface area contributed by atoms with Crippen molar-refractivity contribution in [2.24, 2.45) is 11.8 Å². The van der Waals surface area contributed by atoms with Crippen LogP contribution in [0.1, 0.15) is 68.0 Å². The standard InChI is InChI=1S/C62H51N/c1-40-37-53(44-20-8-6-9-21-44)61(4)51-27-16-17-29-55(51)63(56-30-18-28-52-58(56)49-25-14-15-26-50(49)60(52,3)48-23-10-7-11-24-48)62(5)54(38-41(2)57(40)59(61)62)45-34-31-43(32-35-45)47-36-33-42-19-12-13-22-46(42)39-47/h6-41H,1-5H3. The number of nitrogens with zero attached hydrogens (tertiary/aromatic N) is 1. The first-order chi connectivity index (χ1) is 30.7. The molecule has 304 valence electrons. The zero-order valence-corrected chi connectivity index (χ0v) is 36.7. The molecule has 5 unspecified atom stereocenters. The van der Waals surface area contributed by atoms with Crippen molar-refractivity contribution in [3.63, 3.8) is 0 Å². The Morgan fingerprint density at radius 2 is 0.968 bits per heavy atom. The van der Waals surface area contributed by atoms with Gasteiger partial charge in [-0.15, -0.1) is 0 Å². The molecule has 8 aromatic carbocycles. The second-order valence-corrected chi connectivity index (χ2v) is 18.9. The van der Waals surface area contributed by atoms with E-state index in [9.17, 15) is 0 Å². The lowest BCUT2D eigenvalue weighted by Gasteiger charge is -2.61. The lowest BCUT2D eigenvalue weighted by Crippen LogP contribution is -2.59. The second-order valence-electron chi connectivity index (χ2n) is 18.9. The molecule has 3 aliphatic carbocycles. The molecule has 1 nitrogen and oxygen atoms in total. The monoisotopic (exact) mass is 809 g/mol. The molecular weight excluding hydrogens is 759 g/mol. The summed E-state index contributed by atoms with van der Waals surface area (Å²) in [6.07, 6.45) is 5.21. The predicted molar refractivity (Wildman–Crippen MR) is 265 cm³/mol. The summed E-state index contributed by atoms with van der Waals surface area (Å²) in [6, 6.07) is 72.9. The van der Waals surface area contributed by atoms with Gasteiger partial charge in [-0.1, -0.05) is 207 Å². The number of hydrogen-bond donors (Lipinski definition) is 0. The van der Waals surface area contributed by atoms with Crippen molar-refractivity contribution < 1.29 is 0 Å². The highest BCUT2D eigenvalue weighted by Gasteiger charge is 2.60. The van der Waals surface area contributed by atoms with Crippen molar-refractivity contribution in [1.82, 2.24) is 0 Å². The third-order valence-corrected chi connectivity index (χ3v) is 15.6. The highest BCUT2D eigenvalue weighted by atomic mass is 15.2. The molecule has 63 heavy (non-hydrogen) atoms. The molecule has 0 aromatic heterocycles. The zero-order chi connectivity index (χ0) is 42.7. The Morgan fingerprint density at radius 3 is 1.73 bits per heavy atom. The van der Waals surface area contributed by atoms with E-state index in [2.05, 4.69) is 246 Å². The molecule has 0 amide bonds. The number of anilines is 2. The first-order valence-electron chi connectivity index (χ1n) is 22.8. The Labute approximate surface area is 372 Å². The van der Waals surface area contributed by atoms with E-state index in [4.69, 9.17) is 0 Å². The van der Waals surface area contributed by atoms with E-state index in [1.807, 2.05) is 0 Å². The fourth-order valence-corrected chi connectivity index (χ4v) is 12.8. The lowest BCUT2D eigenvalue weighted by molar-refractivity contribution is 0.479. The highest BCUT2D eigenvalue weighted by molar-refractivity contribution is 6.02. The van der Waals surface area contributed by atoms with E-state index < -0.39 is 11.0 Å². The van der Waals surface area contributed by atoms with Crippen LogP contribution in [-0.2, 0) is 10.8 Å². The third-order valence-electron chi connectivity index (χ3n) is 15.6. The molecule has 0 spiro atoms. The van der Waals surface area contributed by atoms with Gasteiger partial charge in [0.2, 0.25) is 0 Å². The topological polar surface area (TPSA) is 3.24 Å². The summed E-state index contributed by atoms with van der Waals surface area (Å²) >= 11 is 0. The molecule has 0 bridgehead atoms. The molecule has 12 rings (SSSR count). The fourth-order valence-electron chi connectivity index (χ4n) is 12.8. The van der Waals surface area contributed by atoms with Gasteiger partial charge in [-0.2, -0.15) is 0 Å². The van der Waals surface area contributed by atoms with E-state index in [1.165, 1.54) is 100 Å². The lowest BCUT2D eigenvalue weighted by atomic mass is 9.50. The van der Waals surface area contributed by atoms with E-state index in [0.29, 0.717) is 0 Å². The summed E-state index contributed by atoms with van der Waals surface area (Å²) in [5, 5.41) is 2.53. The number of hydrogen-bond acceptors (Lipinski definition) is 1. The van der Waals surface area contributed by atoms with Gasteiger partial charge in [0.25, 0.3) is 0 Å². The van der Waals surface area contributed by atoms with Gasteiger partial charge in [0.1, 0.15) is 0 Å². The van der Waals surface area contributed by atoms with Crippen LogP contribution in [0.2, 0.25) is 0 Å². The van der Waals surface area contributed by atoms with Gasteiger partial charge in [0.05, 0.1) is 11.2 Å². The van der Waals surface area contributed by atoms with Crippen molar-refractivity contribution >= 4 is 33.3 Å². The maximum atomic E-state index is 2.78. The van der Waals surface area contributed by atoms with Crippen LogP contribution in [0.4, 0.5) is 11.4 Å². The molecule has 1 heterocycles. The summed E-state index contributed by atoms with van der Waals surface area (Å²) in [6.45, 7) is 12.4. The smallest absolute Gasteiger partial charge is 0.0905 e. The van der Waals surface area contributed by atoms with Crippen LogP contribution in [0, 0.1) is 11.8 Å². The maximum absolute atomic E-state index is 2.78. The fraction of sp³-hybridized carbons (Fsp3) is 0.161. The minimum Gasteiger partial charge on any atom is -0.327 e. The summed E-state index contributed by atoms with van der Waals surface area (Å²) in [7, 11) is 0. The number of rotatable bonds is 5. The minimum absolute atomic E-state index is 0.238. The molecule has 0 N–H and O–H groups in total. The average molecular weight is 810 g/mol.